The number of benzene rings is 1. The Bertz CT molecular complexity index is 609. The maximum atomic E-state index is 4.49. The molecular formula is C17H23N5. The van der Waals surface area contributed by atoms with E-state index in [1.54, 1.807) is 0 Å². The monoisotopic (exact) mass is 297 g/mol. The molecule has 2 aromatic rings. The van der Waals surface area contributed by atoms with Crippen molar-refractivity contribution in [2.75, 3.05) is 13.1 Å². The van der Waals surface area contributed by atoms with Gasteiger partial charge in [-0.15, -0.1) is 5.10 Å². The smallest absolute Gasteiger partial charge is 0.176 e. The molecule has 5 nitrogen and oxygen atoms in total. The van der Waals surface area contributed by atoms with Crippen LogP contribution in [-0.2, 0) is 5.54 Å². The molecule has 0 amide bonds. The van der Waals surface area contributed by atoms with Gasteiger partial charge in [-0.3, -0.25) is 4.90 Å². The van der Waals surface area contributed by atoms with Gasteiger partial charge in [0.1, 0.15) is 0 Å². The van der Waals surface area contributed by atoms with Crippen LogP contribution in [0.5, 0.6) is 0 Å². The Labute approximate surface area is 131 Å². The van der Waals surface area contributed by atoms with Crippen LogP contribution in [0.3, 0.4) is 0 Å². The van der Waals surface area contributed by atoms with Gasteiger partial charge in [0.15, 0.2) is 5.82 Å². The minimum Gasteiger partial charge on any atom is -0.291 e. The Morgan fingerprint density at radius 1 is 0.864 bits per heavy atom. The van der Waals surface area contributed by atoms with Crippen LogP contribution in [0.2, 0.25) is 0 Å². The molecule has 0 unspecified atom stereocenters. The number of tetrazole rings is 1. The van der Waals surface area contributed by atoms with E-state index in [-0.39, 0.29) is 5.54 Å². The molecule has 0 N–H and O–H groups in total. The Kier molecular flexibility index (Phi) is 3.66. The molecule has 1 aromatic carbocycles. The molecule has 4 rings (SSSR count). The van der Waals surface area contributed by atoms with Crippen molar-refractivity contribution in [1.82, 2.24) is 25.1 Å². The van der Waals surface area contributed by atoms with E-state index in [2.05, 4.69) is 32.6 Å². The molecule has 2 aliphatic rings. The summed E-state index contributed by atoms with van der Waals surface area (Å²) in [5.74, 6) is 1.04. The number of nitrogens with zero attached hydrogens (tertiary/aromatic N) is 5. The van der Waals surface area contributed by atoms with E-state index >= 15 is 0 Å². The topological polar surface area (TPSA) is 46.8 Å². The van der Waals surface area contributed by atoms with Crippen LogP contribution in [0.4, 0.5) is 0 Å². The Morgan fingerprint density at radius 3 is 2.32 bits per heavy atom. The second-order valence-electron chi connectivity index (χ2n) is 6.54. The van der Waals surface area contributed by atoms with Crippen molar-refractivity contribution in [3.8, 4) is 5.69 Å². The maximum absolute atomic E-state index is 4.49. The number of aromatic nitrogens is 4. The summed E-state index contributed by atoms with van der Waals surface area (Å²) in [6, 6.07) is 10.3. The average Bonchev–Trinajstić information content (AvgIpc) is 3.28. The van der Waals surface area contributed by atoms with Gasteiger partial charge in [-0.1, -0.05) is 37.5 Å². The SMILES string of the molecule is c1ccc(-n2nnnc2C2(N3CCCC3)CCCCC2)cc1. The quantitative estimate of drug-likeness (QED) is 0.874. The van der Waals surface area contributed by atoms with Gasteiger partial charge in [-0.05, 0) is 61.3 Å². The van der Waals surface area contributed by atoms with Crippen LogP contribution in [0.1, 0.15) is 50.8 Å². The molecular weight excluding hydrogens is 274 g/mol. The third-order valence-electron chi connectivity index (χ3n) is 5.28. The van der Waals surface area contributed by atoms with Gasteiger partial charge in [0.05, 0.1) is 11.2 Å². The molecule has 116 valence electrons. The number of hydrogen-bond donors (Lipinski definition) is 0. The lowest BCUT2D eigenvalue weighted by Crippen LogP contribution is -2.47. The van der Waals surface area contributed by atoms with Crippen LogP contribution >= 0.6 is 0 Å². The minimum absolute atomic E-state index is 0.0358. The van der Waals surface area contributed by atoms with Crippen LogP contribution in [0, 0.1) is 0 Å². The van der Waals surface area contributed by atoms with Crippen molar-refractivity contribution in [3.63, 3.8) is 0 Å². The highest BCUT2D eigenvalue weighted by Crippen LogP contribution is 2.43. The number of likely N-dealkylation sites (tertiary alicyclic amines) is 1. The summed E-state index contributed by atoms with van der Waals surface area (Å²) in [7, 11) is 0. The summed E-state index contributed by atoms with van der Waals surface area (Å²) >= 11 is 0. The van der Waals surface area contributed by atoms with E-state index < -0.39 is 0 Å². The van der Waals surface area contributed by atoms with Crippen LogP contribution in [0.15, 0.2) is 30.3 Å². The maximum Gasteiger partial charge on any atom is 0.176 e. The van der Waals surface area contributed by atoms with E-state index in [0.717, 1.165) is 11.5 Å². The van der Waals surface area contributed by atoms with Crippen LogP contribution in [0.25, 0.3) is 5.69 Å². The molecule has 5 heteroatoms. The number of para-hydroxylation sites is 1. The first-order valence-corrected chi connectivity index (χ1v) is 8.49. The molecule has 0 bridgehead atoms. The van der Waals surface area contributed by atoms with Crippen molar-refractivity contribution in [2.45, 2.75) is 50.5 Å². The molecule has 1 saturated heterocycles. The summed E-state index contributed by atoms with van der Waals surface area (Å²) in [6.07, 6.45) is 8.85. The van der Waals surface area contributed by atoms with Gasteiger partial charge in [0.2, 0.25) is 0 Å². The normalized spacial score (nSPS) is 22.0. The van der Waals surface area contributed by atoms with Gasteiger partial charge in [0, 0.05) is 0 Å². The molecule has 0 spiro atoms. The highest BCUT2D eigenvalue weighted by Gasteiger charge is 2.44. The highest BCUT2D eigenvalue weighted by molar-refractivity contribution is 5.32. The lowest BCUT2D eigenvalue weighted by atomic mass is 9.79. The fourth-order valence-electron chi connectivity index (χ4n) is 4.18. The Balaban J connectivity index is 1.79. The fraction of sp³-hybridized carbons (Fsp3) is 0.588. The Hall–Kier alpha value is -1.75. The molecule has 1 saturated carbocycles. The van der Waals surface area contributed by atoms with Gasteiger partial charge in [-0.25, -0.2) is 0 Å². The predicted octanol–water partition coefficient (Wildman–Crippen LogP) is 2.92. The number of hydrogen-bond acceptors (Lipinski definition) is 4. The molecule has 1 aliphatic heterocycles. The summed E-state index contributed by atoms with van der Waals surface area (Å²) in [5.41, 5.74) is 1.10. The molecule has 22 heavy (non-hydrogen) atoms. The van der Waals surface area contributed by atoms with Crippen molar-refractivity contribution < 1.29 is 0 Å². The first kappa shape index (κ1) is 13.9. The van der Waals surface area contributed by atoms with Crippen molar-refractivity contribution in [3.05, 3.63) is 36.2 Å². The zero-order valence-electron chi connectivity index (χ0n) is 13.0. The van der Waals surface area contributed by atoms with E-state index in [1.165, 1.54) is 58.0 Å². The van der Waals surface area contributed by atoms with E-state index in [4.69, 9.17) is 0 Å². The largest absolute Gasteiger partial charge is 0.291 e. The molecule has 0 radical (unpaired) electrons. The molecule has 0 atom stereocenters. The van der Waals surface area contributed by atoms with E-state index in [0.29, 0.717) is 0 Å². The van der Waals surface area contributed by atoms with Crippen molar-refractivity contribution in [2.24, 2.45) is 0 Å². The highest BCUT2D eigenvalue weighted by atomic mass is 15.6. The zero-order chi connectivity index (χ0) is 14.8. The second kappa shape index (κ2) is 5.80. The minimum atomic E-state index is 0.0358. The Morgan fingerprint density at radius 2 is 1.59 bits per heavy atom. The number of rotatable bonds is 3. The predicted molar refractivity (Wildman–Crippen MR) is 84.7 cm³/mol. The van der Waals surface area contributed by atoms with Crippen molar-refractivity contribution >= 4 is 0 Å². The molecule has 1 aromatic heterocycles. The van der Waals surface area contributed by atoms with Gasteiger partial charge < -0.3 is 0 Å². The van der Waals surface area contributed by atoms with Crippen molar-refractivity contribution in [1.29, 1.82) is 0 Å². The molecule has 2 fully saturated rings. The van der Waals surface area contributed by atoms with Gasteiger partial charge in [-0.2, -0.15) is 4.68 Å². The first-order valence-electron chi connectivity index (χ1n) is 8.49. The van der Waals surface area contributed by atoms with Gasteiger partial charge in [0.25, 0.3) is 0 Å². The second-order valence-corrected chi connectivity index (χ2v) is 6.54. The molecule has 1 aliphatic carbocycles. The molecule has 2 heterocycles. The summed E-state index contributed by atoms with van der Waals surface area (Å²) < 4.78 is 1.96. The van der Waals surface area contributed by atoms with E-state index in [9.17, 15) is 0 Å². The lowest BCUT2D eigenvalue weighted by molar-refractivity contribution is 0.0595. The first-order chi connectivity index (χ1) is 10.9. The van der Waals surface area contributed by atoms with Crippen LogP contribution in [-0.4, -0.2) is 38.2 Å². The summed E-state index contributed by atoms with van der Waals surface area (Å²) in [6.45, 7) is 2.36. The van der Waals surface area contributed by atoms with E-state index in [1.807, 2.05) is 22.9 Å². The lowest BCUT2D eigenvalue weighted by Gasteiger charge is -2.43. The van der Waals surface area contributed by atoms with Gasteiger partial charge >= 0.3 is 0 Å². The fourth-order valence-corrected chi connectivity index (χ4v) is 4.18. The third-order valence-corrected chi connectivity index (χ3v) is 5.28. The zero-order valence-corrected chi connectivity index (χ0v) is 13.0. The summed E-state index contributed by atoms with van der Waals surface area (Å²) in [4.78, 5) is 2.65. The summed E-state index contributed by atoms with van der Waals surface area (Å²) in [5, 5.41) is 12.8. The average molecular weight is 297 g/mol. The standard InChI is InChI=1S/C17H23N5/c1-3-9-15(10-4-1)22-16(18-19-20-22)17(11-5-2-6-12-17)21-13-7-8-14-21/h1,3-4,9-10H,2,5-8,11-14H2. The third kappa shape index (κ3) is 2.24. The van der Waals surface area contributed by atoms with Crippen LogP contribution < -0.4 is 0 Å².